The van der Waals surface area contributed by atoms with Gasteiger partial charge in [-0.25, -0.2) is 0 Å². The van der Waals surface area contributed by atoms with Crippen molar-refractivity contribution in [2.24, 2.45) is 17.8 Å². The standard InChI is InChI=1S/C18H35N3O/c1-15(2)17-5-7-20(8-6-17)14-21-11-9-19(10-12-21)13-18(22)16(3)4/h15-17H,5-14H2,1-4H3. The van der Waals surface area contributed by atoms with E-state index in [9.17, 15) is 4.79 Å². The second-order valence-corrected chi connectivity index (χ2v) is 7.86. The van der Waals surface area contributed by atoms with Gasteiger partial charge in [0.2, 0.25) is 0 Å². The number of piperazine rings is 1. The van der Waals surface area contributed by atoms with Crippen LogP contribution in [-0.4, -0.2) is 73.0 Å². The van der Waals surface area contributed by atoms with Crippen LogP contribution in [0.25, 0.3) is 0 Å². The average molecular weight is 309 g/mol. The lowest BCUT2D eigenvalue weighted by Crippen LogP contribution is -2.52. The number of nitrogens with zero attached hydrogens (tertiary/aromatic N) is 3. The van der Waals surface area contributed by atoms with Crippen molar-refractivity contribution in [2.75, 3.05) is 52.5 Å². The van der Waals surface area contributed by atoms with E-state index in [1.165, 1.54) is 25.9 Å². The van der Waals surface area contributed by atoms with Crippen LogP contribution in [0, 0.1) is 17.8 Å². The molecule has 22 heavy (non-hydrogen) atoms. The Morgan fingerprint density at radius 2 is 1.36 bits per heavy atom. The summed E-state index contributed by atoms with van der Waals surface area (Å²) in [6.07, 6.45) is 2.72. The van der Waals surface area contributed by atoms with Gasteiger partial charge >= 0.3 is 0 Å². The molecule has 2 aliphatic heterocycles. The predicted molar refractivity (Wildman–Crippen MR) is 91.9 cm³/mol. The maximum Gasteiger partial charge on any atom is 0.149 e. The molecule has 0 atom stereocenters. The number of carbonyl (C=O) groups excluding carboxylic acids is 1. The van der Waals surface area contributed by atoms with E-state index in [4.69, 9.17) is 0 Å². The van der Waals surface area contributed by atoms with Gasteiger partial charge in [0.15, 0.2) is 0 Å². The third-order valence-corrected chi connectivity index (χ3v) is 5.46. The molecule has 2 saturated heterocycles. The van der Waals surface area contributed by atoms with Gasteiger partial charge in [0.1, 0.15) is 5.78 Å². The molecular weight excluding hydrogens is 274 g/mol. The summed E-state index contributed by atoms with van der Waals surface area (Å²) in [7, 11) is 0. The molecule has 0 saturated carbocycles. The topological polar surface area (TPSA) is 26.8 Å². The van der Waals surface area contributed by atoms with Crippen LogP contribution < -0.4 is 0 Å². The fraction of sp³-hybridized carbons (Fsp3) is 0.944. The fourth-order valence-electron chi connectivity index (χ4n) is 3.54. The van der Waals surface area contributed by atoms with Gasteiger partial charge in [-0.1, -0.05) is 27.7 Å². The van der Waals surface area contributed by atoms with Gasteiger partial charge < -0.3 is 0 Å². The van der Waals surface area contributed by atoms with Crippen molar-refractivity contribution < 1.29 is 4.79 Å². The number of piperidine rings is 1. The van der Waals surface area contributed by atoms with Crippen molar-refractivity contribution in [3.05, 3.63) is 0 Å². The summed E-state index contributed by atoms with van der Waals surface area (Å²) < 4.78 is 0. The Morgan fingerprint density at radius 3 is 1.86 bits per heavy atom. The van der Waals surface area contributed by atoms with Crippen LogP contribution in [0.4, 0.5) is 0 Å². The molecule has 0 aromatic carbocycles. The molecule has 0 bridgehead atoms. The van der Waals surface area contributed by atoms with Crippen LogP contribution >= 0.6 is 0 Å². The van der Waals surface area contributed by atoms with Crippen molar-refractivity contribution in [3.63, 3.8) is 0 Å². The highest BCUT2D eigenvalue weighted by atomic mass is 16.1. The van der Waals surface area contributed by atoms with Crippen LogP contribution in [0.3, 0.4) is 0 Å². The summed E-state index contributed by atoms with van der Waals surface area (Å²) in [5.41, 5.74) is 0. The third kappa shape index (κ3) is 5.32. The molecule has 0 aromatic rings. The zero-order chi connectivity index (χ0) is 16.1. The molecule has 0 aliphatic carbocycles. The molecule has 2 rings (SSSR count). The van der Waals surface area contributed by atoms with Crippen molar-refractivity contribution in [1.82, 2.24) is 14.7 Å². The third-order valence-electron chi connectivity index (χ3n) is 5.46. The Hall–Kier alpha value is -0.450. The summed E-state index contributed by atoms with van der Waals surface area (Å²) >= 11 is 0. The summed E-state index contributed by atoms with van der Waals surface area (Å²) in [6, 6.07) is 0. The molecule has 0 unspecified atom stereocenters. The second kappa shape index (κ2) is 8.42. The monoisotopic (exact) mass is 309 g/mol. The SMILES string of the molecule is CC(C)C(=O)CN1CCN(CN2CCC(C(C)C)CC2)CC1. The zero-order valence-corrected chi connectivity index (χ0v) is 15.1. The minimum Gasteiger partial charge on any atom is -0.298 e. The lowest BCUT2D eigenvalue weighted by atomic mass is 9.87. The fourth-order valence-corrected chi connectivity index (χ4v) is 3.54. The largest absolute Gasteiger partial charge is 0.298 e. The Morgan fingerprint density at radius 1 is 0.864 bits per heavy atom. The van der Waals surface area contributed by atoms with E-state index in [0.29, 0.717) is 12.3 Å². The predicted octanol–water partition coefficient (Wildman–Crippen LogP) is 2.15. The molecule has 0 aromatic heterocycles. The molecule has 2 heterocycles. The number of Topliss-reactive ketones (excluding diaryl/α,β-unsaturated/α-hetero) is 1. The number of carbonyl (C=O) groups is 1. The highest BCUT2D eigenvalue weighted by Gasteiger charge is 2.25. The van der Waals surface area contributed by atoms with Gasteiger partial charge in [0.05, 0.1) is 13.2 Å². The molecule has 0 radical (unpaired) electrons. The van der Waals surface area contributed by atoms with Crippen LogP contribution in [0.5, 0.6) is 0 Å². The summed E-state index contributed by atoms with van der Waals surface area (Å²) in [6.45, 7) is 17.3. The first-order chi connectivity index (χ1) is 10.5. The van der Waals surface area contributed by atoms with Crippen molar-refractivity contribution in [3.8, 4) is 0 Å². The number of ketones is 1. The molecule has 0 N–H and O–H groups in total. The van der Waals surface area contributed by atoms with Gasteiger partial charge in [-0.2, -0.15) is 0 Å². The van der Waals surface area contributed by atoms with Crippen LogP contribution in [-0.2, 0) is 4.79 Å². The number of hydrogen-bond donors (Lipinski definition) is 0. The maximum atomic E-state index is 11.8. The van der Waals surface area contributed by atoms with E-state index < -0.39 is 0 Å². The lowest BCUT2D eigenvalue weighted by molar-refractivity contribution is -0.123. The summed E-state index contributed by atoms with van der Waals surface area (Å²) in [5.74, 6) is 2.31. The summed E-state index contributed by atoms with van der Waals surface area (Å²) in [5, 5.41) is 0. The maximum absolute atomic E-state index is 11.8. The highest BCUT2D eigenvalue weighted by molar-refractivity contribution is 5.82. The van der Waals surface area contributed by atoms with Gasteiger partial charge in [0.25, 0.3) is 0 Å². The molecule has 4 heteroatoms. The smallest absolute Gasteiger partial charge is 0.149 e. The van der Waals surface area contributed by atoms with Gasteiger partial charge in [-0.15, -0.1) is 0 Å². The molecule has 128 valence electrons. The van der Waals surface area contributed by atoms with E-state index in [1.807, 2.05) is 13.8 Å². The molecular formula is C18H35N3O. The van der Waals surface area contributed by atoms with Crippen molar-refractivity contribution in [1.29, 1.82) is 0 Å². The Balaban J connectivity index is 1.65. The summed E-state index contributed by atoms with van der Waals surface area (Å²) in [4.78, 5) is 19.3. The first kappa shape index (κ1) is 17.9. The Kier molecular flexibility index (Phi) is 6.85. The zero-order valence-electron chi connectivity index (χ0n) is 15.1. The van der Waals surface area contributed by atoms with E-state index >= 15 is 0 Å². The number of likely N-dealkylation sites (tertiary alicyclic amines) is 1. The van der Waals surface area contributed by atoms with Gasteiger partial charge in [-0.3, -0.25) is 19.5 Å². The Labute approximate surface area is 136 Å². The van der Waals surface area contributed by atoms with Crippen LogP contribution in [0.15, 0.2) is 0 Å². The number of rotatable bonds is 6. The minimum atomic E-state index is 0.167. The Bertz CT molecular complexity index is 340. The van der Waals surface area contributed by atoms with Crippen molar-refractivity contribution in [2.45, 2.75) is 40.5 Å². The lowest BCUT2D eigenvalue weighted by Gasteiger charge is -2.40. The first-order valence-electron chi connectivity index (χ1n) is 9.15. The quantitative estimate of drug-likeness (QED) is 0.751. The molecule has 0 spiro atoms. The molecule has 2 aliphatic rings. The number of hydrogen-bond acceptors (Lipinski definition) is 4. The van der Waals surface area contributed by atoms with Crippen LogP contribution in [0.1, 0.15) is 40.5 Å². The molecule has 4 nitrogen and oxygen atoms in total. The van der Waals surface area contributed by atoms with Gasteiger partial charge in [0, 0.05) is 32.1 Å². The van der Waals surface area contributed by atoms with Crippen molar-refractivity contribution >= 4 is 5.78 Å². The van der Waals surface area contributed by atoms with E-state index in [2.05, 4.69) is 28.5 Å². The first-order valence-corrected chi connectivity index (χ1v) is 9.15. The van der Waals surface area contributed by atoms with E-state index in [1.54, 1.807) is 0 Å². The molecule has 2 fully saturated rings. The minimum absolute atomic E-state index is 0.167. The normalized spacial score (nSPS) is 23.5. The average Bonchev–Trinajstić information content (AvgIpc) is 2.49. The highest BCUT2D eigenvalue weighted by Crippen LogP contribution is 2.24. The van der Waals surface area contributed by atoms with Gasteiger partial charge in [-0.05, 0) is 37.8 Å². The van der Waals surface area contributed by atoms with E-state index in [-0.39, 0.29) is 5.92 Å². The van der Waals surface area contributed by atoms with Crippen LogP contribution in [0.2, 0.25) is 0 Å². The molecule has 0 amide bonds. The van der Waals surface area contributed by atoms with E-state index in [0.717, 1.165) is 44.7 Å². The second-order valence-electron chi connectivity index (χ2n) is 7.86.